The van der Waals surface area contributed by atoms with E-state index in [2.05, 4.69) is 0 Å². The highest BCUT2D eigenvalue weighted by molar-refractivity contribution is 6.60. The molecule has 0 aromatic rings. The summed E-state index contributed by atoms with van der Waals surface area (Å²) in [5.74, 6) is 0.665. The Morgan fingerprint density at radius 3 is 1.26 bits per heavy atom. The zero-order valence-electron chi connectivity index (χ0n) is 18.3. The fourth-order valence-electron chi connectivity index (χ4n) is 3.42. The summed E-state index contributed by atoms with van der Waals surface area (Å²) in [5.41, 5.74) is 0. The number of unbranched alkanes of at least 4 members (excludes halogenated alkanes) is 2. The first-order chi connectivity index (χ1) is 12.9. The van der Waals surface area contributed by atoms with Crippen LogP contribution in [0.15, 0.2) is 0 Å². The van der Waals surface area contributed by atoms with E-state index >= 15 is 0 Å². The number of hydrogen-bond acceptors (Lipinski definition) is 7. The summed E-state index contributed by atoms with van der Waals surface area (Å²) in [5, 5.41) is 0. The van der Waals surface area contributed by atoms with Crippen LogP contribution in [0.25, 0.3) is 0 Å². The Balaban J connectivity index is 4.34. The zero-order chi connectivity index (χ0) is 20.8. The van der Waals surface area contributed by atoms with Gasteiger partial charge in [-0.25, -0.2) is 0 Å². The molecule has 0 aromatic heterocycles. The van der Waals surface area contributed by atoms with Crippen LogP contribution >= 0.6 is 0 Å². The molecule has 0 aromatic carbocycles. The van der Waals surface area contributed by atoms with E-state index in [9.17, 15) is 4.79 Å². The third-order valence-electron chi connectivity index (χ3n) is 5.13. The van der Waals surface area contributed by atoms with Crippen molar-refractivity contribution in [1.29, 1.82) is 0 Å². The lowest BCUT2D eigenvalue weighted by atomic mass is 9.91. The molecule has 0 aliphatic heterocycles. The Morgan fingerprint density at radius 1 is 0.667 bits per heavy atom. The Hall–Kier alpha value is -0.136. The number of ketones is 1. The quantitative estimate of drug-likeness (QED) is 0.245. The van der Waals surface area contributed by atoms with E-state index in [4.69, 9.17) is 26.6 Å². The highest BCUT2D eigenvalue weighted by atomic mass is 28.4. The maximum atomic E-state index is 11.6. The summed E-state index contributed by atoms with van der Waals surface area (Å²) in [4.78, 5) is 11.6. The molecule has 0 heterocycles. The van der Waals surface area contributed by atoms with Crippen molar-refractivity contribution in [1.82, 2.24) is 0 Å². The molecule has 0 bridgehead atoms. The summed E-state index contributed by atoms with van der Waals surface area (Å²) >= 11 is 0. The Kier molecular flexibility index (Phi) is 14.7. The summed E-state index contributed by atoms with van der Waals surface area (Å²) in [6.07, 6.45) is 6.73. The van der Waals surface area contributed by atoms with E-state index < -0.39 is 17.6 Å². The lowest BCUT2D eigenvalue weighted by molar-refractivity contribution is -0.118. The molecule has 27 heavy (non-hydrogen) atoms. The van der Waals surface area contributed by atoms with E-state index in [1.54, 1.807) is 49.6 Å². The molecular formula is C18H40O7Si2. The van der Waals surface area contributed by atoms with E-state index in [1.165, 1.54) is 0 Å². The molecule has 0 saturated carbocycles. The van der Waals surface area contributed by atoms with Crippen molar-refractivity contribution in [2.75, 3.05) is 42.7 Å². The summed E-state index contributed by atoms with van der Waals surface area (Å²) in [6, 6.07) is 1.60. The van der Waals surface area contributed by atoms with Gasteiger partial charge in [0, 0.05) is 61.2 Å². The van der Waals surface area contributed by atoms with Crippen molar-refractivity contribution in [3.8, 4) is 0 Å². The van der Waals surface area contributed by atoms with Crippen LogP contribution in [0.4, 0.5) is 0 Å². The van der Waals surface area contributed by atoms with Crippen molar-refractivity contribution >= 4 is 23.4 Å². The second kappa shape index (κ2) is 14.8. The lowest BCUT2D eigenvalue weighted by Gasteiger charge is -2.25. The number of rotatable bonds is 18. The van der Waals surface area contributed by atoms with Gasteiger partial charge in [-0.15, -0.1) is 0 Å². The van der Waals surface area contributed by atoms with Crippen LogP contribution in [0.1, 0.15) is 51.9 Å². The first-order valence-corrected chi connectivity index (χ1v) is 13.5. The van der Waals surface area contributed by atoms with Crippen LogP contribution in [-0.2, 0) is 31.4 Å². The predicted molar refractivity (Wildman–Crippen MR) is 110 cm³/mol. The maximum absolute atomic E-state index is 11.6. The molecular weight excluding hydrogens is 384 g/mol. The van der Waals surface area contributed by atoms with Gasteiger partial charge in [-0.1, -0.05) is 25.7 Å². The zero-order valence-corrected chi connectivity index (χ0v) is 20.3. The van der Waals surface area contributed by atoms with Gasteiger partial charge in [0.05, 0.1) is 0 Å². The molecule has 0 amide bonds. The average Bonchev–Trinajstić information content (AvgIpc) is 2.68. The molecule has 0 radical (unpaired) electrons. The van der Waals surface area contributed by atoms with Crippen molar-refractivity contribution < 1.29 is 31.4 Å². The summed E-state index contributed by atoms with van der Waals surface area (Å²) in [6.45, 7) is 1.67. The van der Waals surface area contributed by atoms with Crippen molar-refractivity contribution in [2.24, 2.45) is 5.92 Å². The maximum Gasteiger partial charge on any atom is 0.500 e. The molecule has 0 fully saturated rings. The first-order valence-electron chi connectivity index (χ1n) is 9.66. The van der Waals surface area contributed by atoms with Crippen LogP contribution in [-0.4, -0.2) is 66.1 Å². The van der Waals surface area contributed by atoms with Gasteiger partial charge in [0.1, 0.15) is 5.78 Å². The molecule has 0 rings (SSSR count). The fraction of sp³-hybridized carbons (Fsp3) is 0.944. The van der Waals surface area contributed by atoms with Crippen molar-refractivity contribution in [3.63, 3.8) is 0 Å². The number of Topliss-reactive ketones (excluding diaryl/α,β-unsaturated/α-hetero) is 1. The van der Waals surface area contributed by atoms with Gasteiger partial charge in [-0.05, 0) is 25.7 Å². The Bertz CT molecular complexity index is 343. The fourth-order valence-corrected chi connectivity index (χ4v) is 7.01. The lowest BCUT2D eigenvalue weighted by Crippen LogP contribution is -2.42. The highest BCUT2D eigenvalue weighted by Crippen LogP contribution is 2.25. The van der Waals surface area contributed by atoms with E-state index in [0.717, 1.165) is 50.6 Å². The van der Waals surface area contributed by atoms with Gasteiger partial charge < -0.3 is 31.4 Å². The molecule has 7 nitrogen and oxygen atoms in total. The smallest absolute Gasteiger partial charge is 0.377 e. The molecule has 0 unspecified atom stereocenters. The molecule has 0 atom stereocenters. The van der Waals surface area contributed by atoms with Crippen LogP contribution < -0.4 is 0 Å². The van der Waals surface area contributed by atoms with Gasteiger partial charge in [0.25, 0.3) is 0 Å². The molecule has 0 aliphatic carbocycles. The summed E-state index contributed by atoms with van der Waals surface area (Å²) < 4.78 is 32.8. The number of carbonyl (C=O) groups excluding carboxylic acids is 1. The van der Waals surface area contributed by atoms with Gasteiger partial charge >= 0.3 is 17.6 Å². The molecule has 0 aliphatic rings. The van der Waals surface area contributed by atoms with E-state index in [-0.39, 0.29) is 5.78 Å². The number of carbonyl (C=O) groups is 1. The topological polar surface area (TPSA) is 72.5 Å². The second-order valence-corrected chi connectivity index (χ2v) is 13.0. The second-order valence-electron chi connectivity index (χ2n) is 6.85. The standard InChI is InChI=1S/C18H40O7Si2/c1-17(19)16-18(12-8-10-14-26(20-2,21-3)22-4)13-9-11-15-27(23-5,24-6)25-7/h18H,8-16H2,1-7H3. The third-order valence-corrected chi connectivity index (χ3v) is 10.8. The minimum Gasteiger partial charge on any atom is -0.377 e. The van der Waals surface area contributed by atoms with Crippen LogP contribution in [0.2, 0.25) is 12.1 Å². The van der Waals surface area contributed by atoms with Gasteiger partial charge in [-0.3, -0.25) is 0 Å². The molecule has 162 valence electrons. The Morgan fingerprint density at radius 2 is 1.00 bits per heavy atom. The predicted octanol–water partition coefficient (Wildman–Crippen LogP) is 3.68. The minimum absolute atomic E-state index is 0.254. The van der Waals surface area contributed by atoms with Crippen LogP contribution in [0, 0.1) is 5.92 Å². The largest absolute Gasteiger partial charge is 0.500 e. The molecule has 9 heteroatoms. The van der Waals surface area contributed by atoms with Gasteiger partial charge in [0.15, 0.2) is 0 Å². The van der Waals surface area contributed by atoms with Gasteiger partial charge in [-0.2, -0.15) is 0 Å². The SMILES string of the molecule is CO[Si](CCCCC(CCCC[Si](OC)(OC)OC)CC(C)=O)(OC)OC. The van der Waals surface area contributed by atoms with Crippen LogP contribution in [0.3, 0.4) is 0 Å². The highest BCUT2D eigenvalue weighted by Gasteiger charge is 2.37. The van der Waals surface area contributed by atoms with Crippen molar-refractivity contribution in [3.05, 3.63) is 0 Å². The average molecular weight is 425 g/mol. The molecule has 0 saturated heterocycles. The normalized spacial score (nSPS) is 12.7. The summed E-state index contributed by atoms with van der Waals surface area (Å²) in [7, 11) is 4.86. The molecule has 0 N–H and O–H groups in total. The monoisotopic (exact) mass is 424 g/mol. The van der Waals surface area contributed by atoms with Crippen LogP contribution in [0.5, 0.6) is 0 Å². The molecule has 0 spiro atoms. The Labute approximate surface area is 167 Å². The number of hydrogen-bond donors (Lipinski definition) is 0. The van der Waals surface area contributed by atoms with E-state index in [1.807, 2.05) is 0 Å². The third kappa shape index (κ3) is 10.3. The van der Waals surface area contributed by atoms with E-state index in [0.29, 0.717) is 12.3 Å². The van der Waals surface area contributed by atoms with Crippen molar-refractivity contribution in [2.45, 2.75) is 64.0 Å². The van der Waals surface area contributed by atoms with Gasteiger partial charge in [0.2, 0.25) is 0 Å². The minimum atomic E-state index is -2.49. The first kappa shape index (κ1) is 26.9.